The number of nitrogens with one attached hydrogen (secondary N) is 1. The average molecular weight is 212 g/mol. The van der Waals surface area contributed by atoms with Gasteiger partial charge in [-0.05, 0) is 52.2 Å². The highest BCUT2D eigenvalue weighted by atomic mass is 16.5. The van der Waals surface area contributed by atoms with Crippen molar-refractivity contribution >= 4 is 0 Å². The molecule has 2 fully saturated rings. The second-order valence-electron chi connectivity index (χ2n) is 4.87. The molecule has 2 aliphatic rings. The van der Waals surface area contributed by atoms with Crippen LogP contribution < -0.4 is 5.32 Å². The fraction of sp³-hybridized carbons (Fsp3) is 1.00. The highest BCUT2D eigenvalue weighted by Crippen LogP contribution is 2.16. The van der Waals surface area contributed by atoms with E-state index in [1.54, 1.807) is 0 Å². The Bertz CT molecular complexity index is 180. The Balaban J connectivity index is 1.80. The highest BCUT2D eigenvalue weighted by molar-refractivity contribution is 4.77. The summed E-state index contributed by atoms with van der Waals surface area (Å²) in [6.07, 6.45) is 5.58. The van der Waals surface area contributed by atoms with Crippen molar-refractivity contribution in [2.75, 3.05) is 32.8 Å². The van der Waals surface area contributed by atoms with E-state index in [9.17, 15) is 0 Å². The van der Waals surface area contributed by atoms with Gasteiger partial charge in [0.2, 0.25) is 0 Å². The molecule has 0 spiro atoms. The van der Waals surface area contributed by atoms with Gasteiger partial charge in [-0.15, -0.1) is 0 Å². The molecule has 15 heavy (non-hydrogen) atoms. The smallest absolute Gasteiger partial charge is 0.0702 e. The third kappa shape index (κ3) is 3.44. The Hall–Kier alpha value is -0.120. The molecule has 3 heteroatoms. The minimum atomic E-state index is 0.514. The molecule has 2 aliphatic heterocycles. The lowest BCUT2D eigenvalue weighted by molar-refractivity contribution is 0.0557. The van der Waals surface area contributed by atoms with Crippen LogP contribution in [0.25, 0.3) is 0 Å². The number of nitrogens with zero attached hydrogens (tertiary/aromatic N) is 1. The van der Waals surface area contributed by atoms with E-state index in [0.29, 0.717) is 12.1 Å². The number of hydrogen-bond donors (Lipinski definition) is 1. The standard InChI is InChI=1S/C12H24N2O/c1-11-5-7-13-6-3-8-14(11)10-12-4-2-9-15-12/h11-13H,2-10H2,1H3. The van der Waals surface area contributed by atoms with Crippen LogP contribution >= 0.6 is 0 Å². The summed E-state index contributed by atoms with van der Waals surface area (Å²) in [6.45, 7) is 8.06. The van der Waals surface area contributed by atoms with Crippen molar-refractivity contribution in [3.8, 4) is 0 Å². The van der Waals surface area contributed by atoms with Gasteiger partial charge in [-0.1, -0.05) is 0 Å². The molecule has 88 valence electrons. The van der Waals surface area contributed by atoms with E-state index in [4.69, 9.17) is 4.74 Å². The van der Waals surface area contributed by atoms with Gasteiger partial charge in [-0.3, -0.25) is 4.90 Å². The lowest BCUT2D eigenvalue weighted by Gasteiger charge is -2.33. The summed E-state index contributed by atoms with van der Waals surface area (Å²) >= 11 is 0. The Labute approximate surface area is 93.2 Å². The molecule has 0 radical (unpaired) electrons. The third-order valence-electron chi connectivity index (χ3n) is 3.62. The third-order valence-corrected chi connectivity index (χ3v) is 3.62. The molecule has 2 atom stereocenters. The fourth-order valence-corrected chi connectivity index (χ4v) is 2.57. The molecule has 0 amide bonds. The highest BCUT2D eigenvalue weighted by Gasteiger charge is 2.22. The van der Waals surface area contributed by atoms with Crippen molar-refractivity contribution in [3.05, 3.63) is 0 Å². The largest absolute Gasteiger partial charge is 0.377 e. The molecule has 0 aromatic heterocycles. The number of rotatable bonds is 2. The van der Waals surface area contributed by atoms with Crippen molar-refractivity contribution in [1.82, 2.24) is 10.2 Å². The first kappa shape index (κ1) is 11.4. The van der Waals surface area contributed by atoms with Crippen LogP contribution in [0.5, 0.6) is 0 Å². The van der Waals surface area contributed by atoms with Crippen LogP contribution in [0.4, 0.5) is 0 Å². The lowest BCUT2D eigenvalue weighted by atomic mass is 10.1. The van der Waals surface area contributed by atoms with Gasteiger partial charge in [0.15, 0.2) is 0 Å². The maximum Gasteiger partial charge on any atom is 0.0702 e. The van der Waals surface area contributed by atoms with Gasteiger partial charge >= 0.3 is 0 Å². The van der Waals surface area contributed by atoms with Crippen molar-refractivity contribution in [3.63, 3.8) is 0 Å². The second kappa shape index (κ2) is 5.83. The molecule has 2 heterocycles. The van der Waals surface area contributed by atoms with Gasteiger partial charge in [0, 0.05) is 19.2 Å². The van der Waals surface area contributed by atoms with E-state index < -0.39 is 0 Å². The van der Waals surface area contributed by atoms with Crippen molar-refractivity contribution in [2.45, 2.75) is 44.8 Å². The van der Waals surface area contributed by atoms with Crippen LogP contribution in [0.15, 0.2) is 0 Å². The minimum Gasteiger partial charge on any atom is -0.377 e. The Kier molecular flexibility index (Phi) is 4.42. The predicted octanol–water partition coefficient (Wildman–Crippen LogP) is 1.24. The number of ether oxygens (including phenoxy) is 1. The van der Waals surface area contributed by atoms with Crippen LogP contribution in [0.2, 0.25) is 0 Å². The maximum absolute atomic E-state index is 5.72. The first-order valence-electron chi connectivity index (χ1n) is 6.42. The molecule has 2 saturated heterocycles. The minimum absolute atomic E-state index is 0.514. The molecule has 2 rings (SSSR count). The molecule has 0 aliphatic carbocycles. The monoisotopic (exact) mass is 212 g/mol. The zero-order valence-corrected chi connectivity index (χ0v) is 9.87. The topological polar surface area (TPSA) is 24.5 Å². The van der Waals surface area contributed by atoms with Crippen LogP contribution in [0.1, 0.15) is 32.6 Å². The lowest BCUT2D eigenvalue weighted by Crippen LogP contribution is -2.43. The SMILES string of the molecule is CC1CCNCCCN1CC1CCCO1. The second-order valence-corrected chi connectivity index (χ2v) is 4.87. The van der Waals surface area contributed by atoms with Crippen molar-refractivity contribution in [2.24, 2.45) is 0 Å². The van der Waals surface area contributed by atoms with E-state index in [2.05, 4.69) is 17.1 Å². The fourth-order valence-electron chi connectivity index (χ4n) is 2.57. The van der Waals surface area contributed by atoms with Crippen molar-refractivity contribution < 1.29 is 4.74 Å². The number of hydrogen-bond acceptors (Lipinski definition) is 3. The predicted molar refractivity (Wildman–Crippen MR) is 62.1 cm³/mol. The van der Waals surface area contributed by atoms with E-state index in [-0.39, 0.29) is 0 Å². The molecular weight excluding hydrogens is 188 g/mol. The summed E-state index contributed by atoms with van der Waals surface area (Å²) in [5.74, 6) is 0. The zero-order valence-electron chi connectivity index (χ0n) is 9.87. The molecule has 1 N–H and O–H groups in total. The van der Waals surface area contributed by atoms with E-state index >= 15 is 0 Å². The normalized spacial score (nSPS) is 35.0. The van der Waals surface area contributed by atoms with Gasteiger partial charge in [0.1, 0.15) is 0 Å². The molecular formula is C12H24N2O. The summed E-state index contributed by atoms with van der Waals surface area (Å²) in [5, 5.41) is 3.47. The van der Waals surface area contributed by atoms with E-state index in [1.807, 2.05) is 0 Å². The maximum atomic E-state index is 5.72. The summed E-state index contributed by atoms with van der Waals surface area (Å²) < 4.78 is 5.72. The van der Waals surface area contributed by atoms with Gasteiger partial charge in [-0.25, -0.2) is 0 Å². The average Bonchev–Trinajstić information content (AvgIpc) is 2.70. The van der Waals surface area contributed by atoms with Gasteiger partial charge in [0.25, 0.3) is 0 Å². The quantitative estimate of drug-likeness (QED) is 0.745. The van der Waals surface area contributed by atoms with Crippen molar-refractivity contribution in [1.29, 1.82) is 0 Å². The summed E-state index contributed by atoms with van der Waals surface area (Å²) in [5.41, 5.74) is 0. The van der Waals surface area contributed by atoms with Crippen LogP contribution in [-0.2, 0) is 4.74 Å². The molecule has 0 aromatic carbocycles. The van der Waals surface area contributed by atoms with Crippen LogP contribution in [0.3, 0.4) is 0 Å². The summed E-state index contributed by atoms with van der Waals surface area (Å²) in [7, 11) is 0. The van der Waals surface area contributed by atoms with Gasteiger partial charge in [0.05, 0.1) is 6.10 Å². The van der Waals surface area contributed by atoms with Gasteiger partial charge < -0.3 is 10.1 Å². The van der Waals surface area contributed by atoms with Gasteiger partial charge in [-0.2, -0.15) is 0 Å². The Morgan fingerprint density at radius 1 is 1.27 bits per heavy atom. The molecule has 3 nitrogen and oxygen atoms in total. The van der Waals surface area contributed by atoms with Crippen LogP contribution in [-0.4, -0.2) is 49.8 Å². The first-order valence-corrected chi connectivity index (χ1v) is 6.42. The Morgan fingerprint density at radius 3 is 3.00 bits per heavy atom. The zero-order chi connectivity index (χ0) is 10.5. The summed E-state index contributed by atoms with van der Waals surface area (Å²) in [4.78, 5) is 2.62. The molecule has 0 saturated carbocycles. The van der Waals surface area contributed by atoms with Crippen LogP contribution in [0, 0.1) is 0 Å². The Morgan fingerprint density at radius 2 is 2.20 bits per heavy atom. The van der Waals surface area contributed by atoms with E-state index in [1.165, 1.54) is 45.3 Å². The molecule has 0 aromatic rings. The van der Waals surface area contributed by atoms with E-state index in [0.717, 1.165) is 13.2 Å². The molecule has 0 bridgehead atoms. The first-order chi connectivity index (χ1) is 7.36. The summed E-state index contributed by atoms with van der Waals surface area (Å²) in [6, 6.07) is 0.710. The molecule has 2 unspecified atom stereocenters.